The highest BCUT2D eigenvalue weighted by Crippen LogP contribution is 2.24. The van der Waals surface area contributed by atoms with E-state index in [1.807, 2.05) is 39.0 Å². The Kier molecular flexibility index (Phi) is 5.56. The van der Waals surface area contributed by atoms with E-state index in [-0.39, 0.29) is 17.9 Å². The van der Waals surface area contributed by atoms with Gasteiger partial charge in [-0.25, -0.2) is 4.98 Å². The third kappa shape index (κ3) is 4.29. The molecule has 1 amide bonds. The standard InChI is InChI=1S/C16H20ClN3OS/c1-9-6-13(17)5-4-12(9)7-14-8-19-16(22-14)20-15(21)10(2)11(3)18/h4-6,8,10-11H,7,18H2,1-3H3,(H,19,20,21). The second-order valence-corrected chi connectivity index (χ2v) is 7.07. The molecule has 0 saturated carbocycles. The zero-order chi connectivity index (χ0) is 16.3. The van der Waals surface area contributed by atoms with Gasteiger partial charge >= 0.3 is 0 Å². The fourth-order valence-corrected chi connectivity index (χ4v) is 3.02. The number of nitrogens with two attached hydrogens (primary N) is 1. The van der Waals surface area contributed by atoms with Gasteiger partial charge in [-0.2, -0.15) is 0 Å². The van der Waals surface area contributed by atoms with Crippen LogP contribution >= 0.6 is 22.9 Å². The monoisotopic (exact) mass is 337 g/mol. The van der Waals surface area contributed by atoms with Gasteiger partial charge in [-0.3, -0.25) is 4.79 Å². The van der Waals surface area contributed by atoms with E-state index in [0.29, 0.717) is 5.13 Å². The minimum Gasteiger partial charge on any atom is -0.327 e. The van der Waals surface area contributed by atoms with Crippen LogP contribution in [0.5, 0.6) is 0 Å². The first-order valence-corrected chi connectivity index (χ1v) is 8.32. The Labute approximate surface area is 139 Å². The molecule has 1 aromatic heterocycles. The molecule has 0 saturated heterocycles. The molecule has 2 atom stereocenters. The molecule has 1 aromatic carbocycles. The molecule has 0 fully saturated rings. The van der Waals surface area contributed by atoms with Crippen molar-refractivity contribution in [2.45, 2.75) is 33.2 Å². The van der Waals surface area contributed by atoms with Crippen molar-refractivity contribution in [2.75, 3.05) is 5.32 Å². The van der Waals surface area contributed by atoms with Crippen molar-refractivity contribution in [1.29, 1.82) is 0 Å². The highest BCUT2D eigenvalue weighted by molar-refractivity contribution is 7.15. The van der Waals surface area contributed by atoms with E-state index in [1.165, 1.54) is 16.9 Å². The Morgan fingerprint density at radius 3 is 2.82 bits per heavy atom. The summed E-state index contributed by atoms with van der Waals surface area (Å²) in [7, 11) is 0. The highest BCUT2D eigenvalue weighted by atomic mass is 35.5. The van der Waals surface area contributed by atoms with Gasteiger partial charge in [0.05, 0.1) is 5.92 Å². The summed E-state index contributed by atoms with van der Waals surface area (Å²) in [6.07, 6.45) is 2.57. The maximum Gasteiger partial charge on any atom is 0.230 e. The molecule has 0 spiro atoms. The summed E-state index contributed by atoms with van der Waals surface area (Å²) in [5, 5.41) is 4.17. The molecule has 2 unspecified atom stereocenters. The second-order valence-electron chi connectivity index (χ2n) is 5.52. The van der Waals surface area contributed by atoms with E-state index in [0.717, 1.165) is 21.9 Å². The maximum absolute atomic E-state index is 12.0. The van der Waals surface area contributed by atoms with Crippen molar-refractivity contribution >= 4 is 34.0 Å². The fourth-order valence-electron chi connectivity index (χ4n) is 1.95. The van der Waals surface area contributed by atoms with Gasteiger partial charge in [0.25, 0.3) is 0 Å². The van der Waals surface area contributed by atoms with E-state index in [4.69, 9.17) is 17.3 Å². The molecule has 6 heteroatoms. The first kappa shape index (κ1) is 16.9. The molecule has 2 rings (SSSR count). The molecule has 0 aliphatic heterocycles. The summed E-state index contributed by atoms with van der Waals surface area (Å²) in [6.45, 7) is 5.67. The van der Waals surface area contributed by atoms with Gasteiger partial charge in [-0.1, -0.05) is 24.6 Å². The first-order chi connectivity index (χ1) is 10.4. The lowest BCUT2D eigenvalue weighted by Gasteiger charge is -2.13. The fraction of sp³-hybridized carbons (Fsp3) is 0.375. The number of benzene rings is 1. The number of hydrogen-bond donors (Lipinski definition) is 2. The number of rotatable bonds is 5. The van der Waals surface area contributed by atoms with Crippen LogP contribution in [0, 0.1) is 12.8 Å². The van der Waals surface area contributed by atoms with E-state index >= 15 is 0 Å². The van der Waals surface area contributed by atoms with E-state index < -0.39 is 0 Å². The Bertz CT molecular complexity index is 669. The number of aryl methyl sites for hydroxylation is 1. The van der Waals surface area contributed by atoms with E-state index in [1.54, 1.807) is 6.20 Å². The van der Waals surface area contributed by atoms with Gasteiger partial charge in [0.1, 0.15) is 0 Å². The van der Waals surface area contributed by atoms with Crippen LogP contribution < -0.4 is 11.1 Å². The van der Waals surface area contributed by atoms with Crippen LogP contribution in [0.15, 0.2) is 24.4 Å². The Morgan fingerprint density at radius 1 is 1.45 bits per heavy atom. The predicted octanol–water partition coefficient (Wildman–Crippen LogP) is 3.62. The molecule has 4 nitrogen and oxygen atoms in total. The van der Waals surface area contributed by atoms with Gasteiger partial charge in [0.15, 0.2) is 5.13 Å². The molecule has 0 aliphatic rings. The molecule has 3 N–H and O–H groups in total. The number of anilines is 1. The van der Waals surface area contributed by atoms with Crippen molar-refractivity contribution in [1.82, 2.24) is 4.98 Å². The topological polar surface area (TPSA) is 68.0 Å². The molecule has 1 heterocycles. The minimum absolute atomic E-state index is 0.0985. The molecule has 0 bridgehead atoms. The summed E-state index contributed by atoms with van der Waals surface area (Å²) in [5.41, 5.74) is 8.09. The number of nitrogens with zero attached hydrogens (tertiary/aromatic N) is 1. The summed E-state index contributed by atoms with van der Waals surface area (Å²) in [6, 6.07) is 5.67. The zero-order valence-corrected chi connectivity index (χ0v) is 14.5. The maximum atomic E-state index is 12.0. The van der Waals surface area contributed by atoms with Crippen LogP contribution in [0.25, 0.3) is 0 Å². The van der Waals surface area contributed by atoms with Crippen LogP contribution in [-0.4, -0.2) is 16.9 Å². The van der Waals surface area contributed by atoms with Crippen LogP contribution in [0.1, 0.15) is 29.9 Å². The number of nitrogens with one attached hydrogen (secondary N) is 1. The third-order valence-electron chi connectivity index (χ3n) is 3.66. The molecule has 22 heavy (non-hydrogen) atoms. The van der Waals surface area contributed by atoms with E-state index in [2.05, 4.69) is 10.3 Å². The third-order valence-corrected chi connectivity index (χ3v) is 4.80. The second kappa shape index (κ2) is 7.22. The molecular weight excluding hydrogens is 318 g/mol. The molecular formula is C16H20ClN3OS. The molecule has 0 aliphatic carbocycles. The number of carbonyl (C=O) groups is 1. The normalized spacial score (nSPS) is 13.7. The van der Waals surface area contributed by atoms with Gasteiger partial charge in [0.2, 0.25) is 5.91 Å². The lowest BCUT2D eigenvalue weighted by atomic mass is 10.0. The smallest absolute Gasteiger partial charge is 0.230 e. The van der Waals surface area contributed by atoms with Gasteiger partial charge in [-0.05, 0) is 37.1 Å². The van der Waals surface area contributed by atoms with Crippen LogP contribution in [-0.2, 0) is 11.2 Å². The average Bonchev–Trinajstić information content (AvgIpc) is 2.88. The SMILES string of the molecule is Cc1cc(Cl)ccc1Cc1cnc(NC(=O)C(C)C(C)N)s1. The van der Waals surface area contributed by atoms with Crippen molar-refractivity contribution in [2.24, 2.45) is 11.7 Å². The number of amides is 1. The van der Waals surface area contributed by atoms with Crippen molar-refractivity contribution in [3.8, 4) is 0 Å². The lowest BCUT2D eigenvalue weighted by Crippen LogP contribution is -2.34. The van der Waals surface area contributed by atoms with Gasteiger partial charge in [-0.15, -0.1) is 11.3 Å². The lowest BCUT2D eigenvalue weighted by molar-refractivity contribution is -0.119. The largest absolute Gasteiger partial charge is 0.327 e. The number of carbonyl (C=O) groups excluding carboxylic acids is 1. The Balaban J connectivity index is 2.04. The molecule has 2 aromatic rings. The summed E-state index contributed by atoms with van der Waals surface area (Å²) < 4.78 is 0. The van der Waals surface area contributed by atoms with Gasteiger partial charge in [0, 0.05) is 28.6 Å². The van der Waals surface area contributed by atoms with Crippen LogP contribution in [0.2, 0.25) is 5.02 Å². The van der Waals surface area contributed by atoms with Crippen molar-refractivity contribution < 1.29 is 4.79 Å². The van der Waals surface area contributed by atoms with Gasteiger partial charge < -0.3 is 11.1 Å². The first-order valence-electron chi connectivity index (χ1n) is 7.13. The predicted molar refractivity (Wildman–Crippen MR) is 92.6 cm³/mol. The number of hydrogen-bond acceptors (Lipinski definition) is 4. The van der Waals surface area contributed by atoms with Crippen molar-refractivity contribution in [3.63, 3.8) is 0 Å². The van der Waals surface area contributed by atoms with Crippen LogP contribution in [0.4, 0.5) is 5.13 Å². The number of aromatic nitrogens is 1. The van der Waals surface area contributed by atoms with E-state index in [9.17, 15) is 4.79 Å². The van der Waals surface area contributed by atoms with Crippen LogP contribution in [0.3, 0.4) is 0 Å². The molecule has 118 valence electrons. The number of thiazole rings is 1. The molecule has 0 radical (unpaired) electrons. The zero-order valence-electron chi connectivity index (χ0n) is 12.9. The average molecular weight is 338 g/mol. The number of halogens is 1. The van der Waals surface area contributed by atoms with Crippen molar-refractivity contribution in [3.05, 3.63) is 45.4 Å². The summed E-state index contributed by atoms with van der Waals surface area (Å²) in [5.74, 6) is -0.343. The quantitative estimate of drug-likeness (QED) is 0.875. The highest BCUT2D eigenvalue weighted by Gasteiger charge is 2.18. The Morgan fingerprint density at radius 2 is 2.18 bits per heavy atom. The summed E-state index contributed by atoms with van der Waals surface area (Å²) >= 11 is 7.45. The summed E-state index contributed by atoms with van der Waals surface area (Å²) in [4.78, 5) is 17.3. The minimum atomic E-state index is -0.245. The Hall–Kier alpha value is -1.43.